The molecule has 2 aromatic carbocycles. The van der Waals surface area contributed by atoms with E-state index in [2.05, 4.69) is 21.7 Å². The molecule has 2 heterocycles. The molecule has 0 radical (unpaired) electrons. The number of carbonyl (C=O) groups is 1. The zero-order valence-electron chi connectivity index (χ0n) is 21.4. The Morgan fingerprint density at radius 2 is 2.08 bits per heavy atom. The molecule has 0 bridgehead atoms. The predicted molar refractivity (Wildman–Crippen MR) is 146 cm³/mol. The first-order chi connectivity index (χ1) is 18.3. The summed E-state index contributed by atoms with van der Waals surface area (Å²) in [5.41, 5.74) is 2.19. The van der Waals surface area contributed by atoms with Crippen LogP contribution in [0.25, 0.3) is 10.9 Å². The molecule has 1 saturated heterocycles. The first kappa shape index (κ1) is 27.8. The maximum Gasteiger partial charge on any atom is 0.303 e. The van der Waals surface area contributed by atoms with Crippen molar-refractivity contribution in [1.82, 2.24) is 9.88 Å². The summed E-state index contributed by atoms with van der Waals surface area (Å²) >= 11 is 5.74. The van der Waals surface area contributed by atoms with E-state index in [0.717, 1.165) is 42.4 Å². The average molecular weight is 539 g/mol. The van der Waals surface area contributed by atoms with E-state index < -0.39 is 17.9 Å². The first-order valence-corrected chi connectivity index (χ1v) is 13.2. The molecular formula is C30H32ClFN2O4. The van der Waals surface area contributed by atoms with Crippen molar-refractivity contribution in [3.63, 3.8) is 0 Å². The monoisotopic (exact) mass is 538 g/mol. The van der Waals surface area contributed by atoms with Crippen LogP contribution in [0.1, 0.15) is 49.3 Å². The van der Waals surface area contributed by atoms with Crippen LogP contribution in [0.2, 0.25) is 5.02 Å². The Hall–Kier alpha value is -3.18. The molecule has 6 nitrogen and oxygen atoms in total. The van der Waals surface area contributed by atoms with Crippen molar-refractivity contribution in [2.75, 3.05) is 26.7 Å². The number of rotatable bonds is 9. The molecule has 0 unspecified atom stereocenters. The van der Waals surface area contributed by atoms with E-state index in [-0.39, 0.29) is 17.4 Å². The fourth-order valence-electron chi connectivity index (χ4n) is 5.23. The van der Waals surface area contributed by atoms with E-state index in [4.69, 9.17) is 16.3 Å². The van der Waals surface area contributed by atoms with Crippen LogP contribution in [0, 0.1) is 29.5 Å². The van der Waals surface area contributed by atoms with Gasteiger partial charge in [0.1, 0.15) is 11.6 Å². The SMILES string of the molecule is COc1ccc2nccc([C@H](O)CC[C@@H]3CCN(CC#Cc4ccc(Cl)c(F)c4)C[C@H]3CCC(=O)O)c2c1. The number of nitrogens with zero attached hydrogens (tertiary/aromatic N) is 2. The Kier molecular flexibility index (Phi) is 9.57. The number of pyridine rings is 1. The Balaban J connectivity index is 1.39. The number of carboxylic acid groups (broad SMARTS) is 1. The van der Waals surface area contributed by atoms with Crippen LogP contribution < -0.4 is 4.74 Å². The largest absolute Gasteiger partial charge is 0.497 e. The summed E-state index contributed by atoms with van der Waals surface area (Å²) in [6.07, 6.45) is 4.02. The van der Waals surface area contributed by atoms with Crippen LogP contribution in [0.3, 0.4) is 0 Å². The van der Waals surface area contributed by atoms with E-state index in [1.807, 2.05) is 24.3 Å². The van der Waals surface area contributed by atoms with Crippen molar-refractivity contribution in [3.05, 3.63) is 70.6 Å². The number of ether oxygens (including phenoxy) is 1. The number of piperidine rings is 1. The maximum atomic E-state index is 13.7. The van der Waals surface area contributed by atoms with Crippen molar-refractivity contribution >= 4 is 28.5 Å². The summed E-state index contributed by atoms with van der Waals surface area (Å²) in [7, 11) is 1.61. The Labute approximate surface area is 227 Å². The van der Waals surface area contributed by atoms with Gasteiger partial charge in [-0.1, -0.05) is 23.4 Å². The quantitative estimate of drug-likeness (QED) is 0.340. The second-order valence-corrected chi connectivity index (χ2v) is 10.2. The van der Waals surface area contributed by atoms with Gasteiger partial charge < -0.3 is 14.9 Å². The third kappa shape index (κ3) is 7.22. The second kappa shape index (κ2) is 13.1. The highest BCUT2D eigenvalue weighted by Crippen LogP contribution is 2.35. The molecule has 3 aromatic rings. The highest BCUT2D eigenvalue weighted by atomic mass is 35.5. The second-order valence-electron chi connectivity index (χ2n) is 9.78. The van der Waals surface area contributed by atoms with Gasteiger partial charge in [0.05, 0.1) is 30.3 Å². The van der Waals surface area contributed by atoms with E-state index in [0.29, 0.717) is 36.6 Å². The number of hydrogen-bond donors (Lipinski definition) is 2. The van der Waals surface area contributed by atoms with Crippen molar-refractivity contribution in [1.29, 1.82) is 0 Å². The normalized spacial score (nSPS) is 18.5. The van der Waals surface area contributed by atoms with Crippen molar-refractivity contribution in [3.8, 4) is 17.6 Å². The topological polar surface area (TPSA) is 82.9 Å². The van der Waals surface area contributed by atoms with Gasteiger partial charge in [-0.3, -0.25) is 14.7 Å². The molecule has 1 aliphatic heterocycles. The predicted octanol–water partition coefficient (Wildman–Crippen LogP) is 5.70. The number of aliphatic hydroxyl groups excluding tert-OH is 1. The third-order valence-corrected chi connectivity index (χ3v) is 7.62. The van der Waals surface area contributed by atoms with Gasteiger partial charge in [0.15, 0.2) is 0 Å². The number of likely N-dealkylation sites (tertiary alicyclic amines) is 1. The van der Waals surface area contributed by atoms with Gasteiger partial charge in [-0.2, -0.15) is 0 Å². The van der Waals surface area contributed by atoms with Crippen LogP contribution in [0.4, 0.5) is 4.39 Å². The molecule has 0 amide bonds. The number of aliphatic carboxylic acids is 1. The maximum absolute atomic E-state index is 13.7. The van der Waals surface area contributed by atoms with Crippen molar-refractivity contribution in [2.24, 2.45) is 11.8 Å². The molecule has 3 atom stereocenters. The standard InChI is InChI=1S/C30H32ClFN2O4/c1-38-23-7-9-28-25(18-23)24(12-14-33-28)29(35)10-5-21-13-16-34(19-22(21)6-11-30(36)37)15-2-3-20-4-8-26(31)27(32)17-20/h4,7-9,12,14,17-18,21-22,29,35H,5-6,10-11,13,15-16,19H2,1H3,(H,36,37)/t21-,22-,29-/m1/s1. The van der Waals surface area contributed by atoms with Gasteiger partial charge in [-0.25, -0.2) is 4.39 Å². The summed E-state index contributed by atoms with van der Waals surface area (Å²) < 4.78 is 19.0. The number of carboxylic acids is 1. The molecule has 200 valence electrons. The Morgan fingerprint density at radius 1 is 1.24 bits per heavy atom. The van der Waals surface area contributed by atoms with E-state index in [1.54, 1.807) is 19.4 Å². The van der Waals surface area contributed by atoms with Crippen LogP contribution in [-0.2, 0) is 4.79 Å². The molecule has 0 saturated carbocycles. The number of aliphatic hydroxyl groups is 1. The number of halogens is 2. The number of methoxy groups -OCH3 is 1. The molecule has 8 heteroatoms. The molecule has 1 aliphatic rings. The first-order valence-electron chi connectivity index (χ1n) is 12.8. The average Bonchev–Trinajstić information content (AvgIpc) is 2.92. The lowest BCUT2D eigenvalue weighted by Gasteiger charge is -2.38. The molecule has 0 aliphatic carbocycles. The van der Waals surface area contributed by atoms with E-state index in [1.165, 1.54) is 12.1 Å². The van der Waals surface area contributed by atoms with Crippen LogP contribution in [0.15, 0.2) is 48.7 Å². The fourth-order valence-corrected chi connectivity index (χ4v) is 5.35. The van der Waals surface area contributed by atoms with Gasteiger partial charge in [0.25, 0.3) is 0 Å². The Morgan fingerprint density at radius 3 is 2.84 bits per heavy atom. The molecule has 0 spiro atoms. The number of hydrogen-bond acceptors (Lipinski definition) is 5. The zero-order chi connectivity index (χ0) is 27.1. The molecule has 2 N–H and O–H groups in total. The van der Waals surface area contributed by atoms with Gasteiger partial charge in [0.2, 0.25) is 0 Å². The van der Waals surface area contributed by atoms with Crippen molar-refractivity contribution in [2.45, 2.75) is 38.2 Å². The third-order valence-electron chi connectivity index (χ3n) is 7.31. The summed E-state index contributed by atoms with van der Waals surface area (Å²) in [4.78, 5) is 17.9. The molecular weight excluding hydrogens is 507 g/mol. The van der Waals surface area contributed by atoms with Crippen LogP contribution >= 0.6 is 11.6 Å². The van der Waals surface area contributed by atoms with Gasteiger partial charge in [0, 0.05) is 30.1 Å². The zero-order valence-corrected chi connectivity index (χ0v) is 22.1. The summed E-state index contributed by atoms with van der Waals surface area (Å²) in [6.45, 7) is 2.10. The lowest BCUT2D eigenvalue weighted by atomic mass is 9.79. The van der Waals surface area contributed by atoms with E-state index >= 15 is 0 Å². The smallest absolute Gasteiger partial charge is 0.303 e. The summed E-state index contributed by atoms with van der Waals surface area (Å²) in [5, 5.41) is 21.3. The Bertz CT molecular complexity index is 1340. The van der Waals surface area contributed by atoms with Crippen LogP contribution in [0.5, 0.6) is 5.75 Å². The lowest BCUT2D eigenvalue weighted by Crippen LogP contribution is -2.41. The number of fused-ring (bicyclic) bond motifs is 1. The molecule has 1 fully saturated rings. The minimum absolute atomic E-state index is 0.0702. The minimum atomic E-state index is -0.803. The van der Waals surface area contributed by atoms with E-state index in [9.17, 15) is 19.4 Å². The summed E-state index contributed by atoms with van der Waals surface area (Å²) in [5.74, 6) is 6.01. The minimum Gasteiger partial charge on any atom is -0.497 e. The lowest BCUT2D eigenvalue weighted by molar-refractivity contribution is -0.137. The number of aromatic nitrogens is 1. The number of benzene rings is 2. The summed E-state index contributed by atoms with van der Waals surface area (Å²) in [6, 6.07) is 12.0. The van der Waals surface area contributed by atoms with Crippen LogP contribution in [-0.4, -0.2) is 52.8 Å². The molecule has 1 aromatic heterocycles. The molecule has 4 rings (SSSR count). The van der Waals surface area contributed by atoms with Gasteiger partial charge >= 0.3 is 5.97 Å². The molecule has 38 heavy (non-hydrogen) atoms. The highest BCUT2D eigenvalue weighted by molar-refractivity contribution is 6.30. The fraction of sp³-hybridized carbons (Fsp3) is 0.400. The highest BCUT2D eigenvalue weighted by Gasteiger charge is 2.30. The van der Waals surface area contributed by atoms with Gasteiger partial charge in [-0.05, 0) is 92.1 Å². The van der Waals surface area contributed by atoms with Gasteiger partial charge in [-0.15, -0.1) is 0 Å². The van der Waals surface area contributed by atoms with Crippen molar-refractivity contribution < 1.29 is 24.1 Å².